The Labute approximate surface area is 52.5 Å². The number of aromatic hydroxyl groups is 1. The average molecular weight is 130 g/mol. The molecular formula is C4H6N2OS. The molecule has 0 aliphatic carbocycles. The highest BCUT2D eigenvalue weighted by atomic mass is 32.1. The van der Waals surface area contributed by atoms with Gasteiger partial charge in [-0.05, 0) is 6.92 Å². The first-order valence-corrected chi connectivity index (χ1v) is 2.54. The van der Waals surface area contributed by atoms with Gasteiger partial charge in [-0.1, -0.05) is 12.8 Å². The highest BCUT2D eigenvalue weighted by molar-refractivity contribution is 7.78. The minimum absolute atomic E-state index is 0.0417. The molecule has 1 aromatic rings. The number of thiol groups is 1. The van der Waals surface area contributed by atoms with E-state index < -0.39 is 0 Å². The largest absolute Gasteiger partial charge is 0.492 e. The molecule has 0 unspecified atom stereocenters. The Kier molecular flexibility index (Phi) is 1.17. The maximum atomic E-state index is 8.76. The molecule has 8 heavy (non-hydrogen) atoms. The van der Waals surface area contributed by atoms with E-state index in [1.807, 2.05) is 0 Å². The van der Waals surface area contributed by atoms with Gasteiger partial charge in [0.05, 0.1) is 5.69 Å². The lowest BCUT2D eigenvalue weighted by molar-refractivity contribution is 0.452. The molecule has 44 valence electrons. The fourth-order valence-corrected chi connectivity index (χ4v) is 0.533. The first kappa shape index (κ1) is 5.50. The summed E-state index contributed by atoms with van der Waals surface area (Å²) in [6.07, 6.45) is 1.44. The van der Waals surface area contributed by atoms with Crippen molar-refractivity contribution in [2.45, 2.75) is 6.92 Å². The summed E-state index contributed by atoms with van der Waals surface area (Å²) in [5.41, 5.74) is 0.660. The van der Waals surface area contributed by atoms with Crippen LogP contribution in [-0.2, 0) is 0 Å². The zero-order valence-corrected chi connectivity index (χ0v) is 5.26. The minimum Gasteiger partial charge on any atom is -0.492 e. The predicted molar refractivity (Wildman–Crippen MR) is 33.0 cm³/mol. The normalized spacial score (nSPS) is 9.75. The van der Waals surface area contributed by atoms with Crippen LogP contribution in [0.3, 0.4) is 0 Å². The smallest absolute Gasteiger partial charge is 0.233 e. The van der Waals surface area contributed by atoms with E-state index in [1.54, 1.807) is 6.92 Å². The van der Waals surface area contributed by atoms with Crippen molar-refractivity contribution in [1.82, 2.24) is 8.96 Å². The first-order chi connectivity index (χ1) is 3.72. The quantitative estimate of drug-likeness (QED) is 0.504. The van der Waals surface area contributed by atoms with Crippen molar-refractivity contribution in [3.63, 3.8) is 0 Å². The van der Waals surface area contributed by atoms with E-state index in [9.17, 15) is 0 Å². The van der Waals surface area contributed by atoms with Crippen LogP contribution >= 0.6 is 12.8 Å². The number of imidazole rings is 1. The molecule has 0 aromatic carbocycles. The summed E-state index contributed by atoms with van der Waals surface area (Å²) < 4.78 is 1.45. The van der Waals surface area contributed by atoms with E-state index in [-0.39, 0.29) is 5.88 Å². The molecule has 1 N–H and O–H groups in total. The molecule has 4 heteroatoms. The van der Waals surface area contributed by atoms with Crippen LogP contribution in [0.2, 0.25) is 0 Å². The molecule has 1 heterocycles. The maximum Gasteiger partial charge on any atom is 0.233 e. The van der Waals surface area contributed by atoms with Gasteiger partial charge in [0.1, 0.15) is 6.33 Å². The van der Waals surface area contributed by atoms with Gasteiger partial charge >= 0.3 is 0 Å². The summed E-state index contributed by atoms with van der Waals surface area (Å²) >= 11 is 3.91. The van der Waals surface area contributed by atoms with E-state index >= 15 is 0 Å². The Balaban J connectivity index is 3.19. The summed E-state index contributed by atoms with van der Waals surface area (Å²) in [7, 11) is 0. The predicted octanol–water partition coefficient (Wildman–Crippen LogP) is 0.590. The van der Waals surface area contributed by atoms with Gasteiger partial charge in [0.2, 0.25) is 5.88 Å². The summed E-state index contributed by atoms with van der Waals surface area (Å²) in [6.45, 7) is 1.73. The highest BCUT2D eigenvalue weighted by Crippen LogP contribution is 2.11. The maximum absolute atomic E-state index is 8.76. The van der Waals surface area contributed by atoms with Gasteiger partial charge in [-0.15, -0.1) is 0 Å². The minimum atomic E-state index is 0.0417. The Morgan fingerprint density at radius 1 is 1.88 bits per heavy atom. The van der Waals surface area contributed by atoms with Crippen molar-refractivity contribution in [3.8, 4) is 5.88 Å². The van der Waals surface area contributed by atoms with Crippen LogP contribution in [0.25, 0.3) is 0 Å². The highest BCUT2D eigenvalue weighted by Gasteiger charge is 1.98. The zero-order valence-electron chi connectivity index (χ0n) is 4.37. The fraction of sp³-hybridized carbons (Fsp3) is 0.250. The Morgan fingerprint density at radius 3 is 2.62 bits per heavy atom. The van der Waals surface area contributed by atoms with Gasteiger partial charge < -0.3 is 5.11 Å². The van der Waals surface area contributed by atoms with Crippen LogP contribution < -0.4 is 0 Å². The van der Waals surface area contributed by atoms with Crippen molar-refractivity contribution < 1.29 is 5.11 Å². The molecule has 0 saturated heterocycles. The van der Waals surface area contributed by atoms with Gasteiger partial charge in [-0.2, -0.15) is 0 Å². The second-order valence-electron chi connectivity index (χ2n) is 1.50. The van der Waals surface area contributed by atoms with Crippen molar-refractivity contribution in [2.24, 2.45) is 0 Å². The van der Waals surface area contributed by atoms with Crippen molar-refractivity contribution in [1.29, 1.82) is 0 Å². The van der Waals surface area contributed by atoms with Crippen LogP contribution in [0.15, 0.2) is 6.33 Å². The molecule has 0 atom stereocenters. The summed E-state index contributed by atoms with van der Waals surface area (Å²) in [4.78, 5) is 3.56. The van der Waals surface area contributed by atoms with E-state index in [4.69, 9.17) is 5.11 Å². The molecule has 0 aliphatic rings. The summed E-state index contributed by atoms with van der Waals surface area (Å²) in [6, 6.07) is 0. The Hall–Kier alpha value is -0.640. The summed E-state index contributed by atoms with van der Waals surface area (Å²) in [5, 5.41) is 8.76. The third-order valence-electron chi connectivity index (χ3n) is 0.957. The van der Waals surface area contributed by atoms with Crippen LogP contribution in [0.5, 0.6) is 5.88 Å². The fourth-order valence-electron chi connectivity index (χ4n) is 0.392. The number of rotatable bonds is 0. The molecule has 3 nitrogen and oxygen atoms in total. The van der Waals surface area contributed by atoms with Crippen LogP contribution in [-0.4, -0.2) is 14.1 Å². The molecule has 0 radical (unpaired) electrons. The standard InChI is InChI=1S/C4H6N2OS/c1-3-4(7)5-2-6(3)8/h2,7-8H,1H3. The molecular weight excluding hydrogens is 124 g/mol. The number of nitrogens with zero attached hydrogens (tertiary/aromatic N) is 2. The molecule has 0 bridgehead atoms. The van der Waals surface area contributed by atoms with Gasteiger partial charge in [0.25, 0.3) is 0 Å². The summed E-state index contributed by atoms with van der Waals surface area (Å²) in [5.74, 6) is 0.0417. The third kappa shape index (κ3) is 0.667. The van der Waals surface area contributed by atoms with Crippen LogP contribution in [0, 0.1) is 6.92 Å². The van der Waals surface area contributed by atoms with Crippen LogP contribution in [0.1, 0.15) is 5.69 Å². The topological polar surface area (TPSA) is 38.1 Å². The van der Waals surface area contributed by atoms with E-state index in [0.29, 0.717) is 5.69 Å². The Bertz CT molecular complexity index is 176. The first-order valence-electron chi connectivity index (χ1n) is 2.14. The van der Waals surface area contributed by atoms with Crippen molar-refractivity contribution in [3.05, 3.63) is 12.0 Å². The van der Waals surface area contributed by atoms with Crippen molar-refractivity contribution >= 4 is 12.8 Å². The third-order valence-corrected chi connectivity index (χ3v) is 1.36. The lowest BCUT2D eigenvalue weighted by Gasteiger charge is -1.88. The monoisotopic (exact) mass is 130 g/mol. The van der Waals surface area contributed by atoms with Gasteiger partial charge in [0.15, 0.2) is 0 Å². The zero-order chi connectivity index (χ0) is 6.15. The molecule has 0 amide bonds. The molecule has 1 aromatic heterocycles. The molecule has 0 spiro atoms. The lowest BCUT2D eigenvalue weighted by Crippen LogP contribution is -1.77. The number of hydrogen-bond acceptors (Lipinski definition) is 3. The van der Waals surface area contributed by atoms with Gasteiger partial charge in [-0.3, -0.25) is 3.97 Å². The Morgan fingerprint density at radius 2 is 2.50 bits per heavy atom. The number of hydrogen-bond donors (Lipinski definition) is 2. The number of aromatic nitrogens is 2. The molecule has 1 rings (SSSR count). The molecule has 0 aliphatic heterocycles. The lowest BCUT2D eigenvalue weighted by atomic mass is 10.5. The van der Waals surface area contributed by atoms with E-state index in [1.165, 1.54) is 10.3 Å². The molecule has 0 saturated carbocycles. The van der Waals surface area contributed by atoms with Gasteiger partial charge in [-0.25, -0.2) is 4.98 Å². The van der Waals surface area contributed by atoms with Gasteiger partial charge in [0, 0.05) is 0 Å². The average Bonchev–Trinajstić information content (AvgIpc) is 1.98. The van der Waals surface area contributed by atoms with Crippen molar-refractivity contribution in [2.75, 3.05) is 0 Å². The van der Waals surface area contributed by atoms with Crippen LogP contribution in [0.4, 0.5) is 0 Å². The van der Waals surface area contributed by atoms with E-state index in [2.05, 4.69) is 17.8 Å². The molecule has 0 fully saturated rings. The van der Waals surface area contributed by atoms with E-state index in [0.717, 1.165) is 0 Å². The second kappa shape index (κ2) is 1.70. The second-order valence-corrected chi connectivity index (χ2v) is 1.93. The SMILES string of the molecule is Cc1c(O)ncn1S.